The van der Waals surface area contributed by atoms with Crippen LogP contribution in [0.4, 0.5) is 0 Å². The molecule has 24 heavy (non-hydrogen) atoms. The second kappa shape index (κ2) is 4.73. The number of fused-ring (bicyclic) bond motifs is 2. The maximum absolute atomic E-state index is 11.6. The molecule has 4 heteroatoms. The van der Waals surface area contributed by atoms with Crippen molar-refractivity contribution in [1.82, 2.24) is 0 Å². The van der Waals surface area contributed by atoms with Crippen LogP contribution >= 0.6 is 0 Å². The zero-order valence-electron chi connectivity index (χ0n) is 14.9. The zero-order valence-corrected chi connectivity index (χ0v) is 14.9. The van der Waals surface area contributed by atoms with Gasteiger partial charge in [0.05, 0.1) is 18.3 Å². The summed E-state index contributed by atoms with van der Waals surface area (Å²) in [4.78, 5) is 0. The van der Waals surface area contributed by atoms with Crippen molar-refractivity contribution in [3.8, 4) is 0 Å². The summed E-state index contributed by atoms with van der Waals surface area (Å²) < 4.78 is 0. The first-order chi connectivity index (χ1) is 11.1. The first-order valence-electron chi connectivity index (χ1n) is 9.22. The molecule has 4 rings (SSSR count). The maximum atomic E-state index is 11.6. The van der Waals surface area contributed by atoms with Crippen LogP contribution < -0.4 is 0 Å². The number of aliphatic hydroxyl groups is 4. The Morgan fingerprint density at radius 3 is 2.42 bits per heavy atom. The van der Waals surface area contributed by atoms with Crippen LogP contribution in [0.1, 0.15) is 46.5 Å². The van der Waals surface area contributed by atoms with Crippen molar-refractivity contribution in [2.24, 2.45) is 28.6 Å². The van der Waals surface area contributed by atoms with E-state index in [4.69, 9.17) is 0 Å². The molecular weight excluding hydrogens is 304 g/mol. The predicted molar refractivity (Wildman–Crippen MR) is 91.0 cm³/mol. The van der Waals surface area contributed by atoms with E-state index in [1.165, 1.54) is 5.57 Å². The molecule has 0 radical (unpaired) electrons. The zero-order chi connectivity index (χ0) is 17.7. The highest BCUT2D eigenvalue weighted by Crippen LogP contribution is 2.66. The van der Waals surface area contributed by atoms with Crippen LogP contribution in [-0.2, 0) is 0 Å². The lowest BCUT2D eigenvalue weighted by Crippen LogP contribution is -2.57. The highest BCUT2D eigenvalue weighted by atomic mass is 16.4. The Balaban J connectivity index is 1.87. The highest BCUT2D eigenvalue weighted by Gasteiger charge is 2.69. The molecule has 0 unspecified atom stereocenters. The first kappa shape index (κ1) is 16.8. The maximum Gasteiger partial charge on any atom is 0.105 e. The molecule has 1 spiro atoms. The number of hydrogen-bond donors (Lipinski definition) is 4. The summed E-state index contributed by atoms with van der Waals surface area (Å²) in [7, 11) is 0. The SMILES string of the molecule is C=C1[C@H]2C[C@H](O)C(C)(C)[C@@]2(O)[C@H](O)C[C@]23C=C(C)[C@H](CC[C@@H]12)[C@H]3O. The van der Waals surface area contributed by atoms with Crippen LogP contribution in [0.15, 0.2) is 23.8 Å². The Hall–Kier alpha value is -0.680. The van der Waals surface area contributed by atoms with Gasteiger partial charge in [0.25, 0.3) is 0 Å². The number of aliphatic hydroxyl groups excluding tert-OH is 3. The Bertz CT molecular complexity index is 623. The summed E-state index contributed by atoms with van der Waals surface area (Å²) in [5, 5.41) is 44.2. The Morgan fingerprint density at radius 2 is 1.75 bits per heavy atom. The molecule has 0 aromatic heterocycles. The van der Waals surface area contributed by atoms with Gasteiger partial charge < -0.3 is 20.4 Å². The molecule has 0 saturated heterocycles. The van der Waals surface area contributed by atoms with E-state index in [0.717, 1.165) is 18.4 Å². The largest absolute Gasteiger partial charge is 0.392 e. The van der Waals surface area contributed by atoms with Crippen molar-refractivity contribution < 1.29 is 20.4 Å². The summed E-state index contributed by atoms with van der Waals surface area (Å²) in [6, 6.07) is 0. The van der Waals surface area contributed by atoms with Gasteiger partial charge in [0.15, 0.2) is 0 Å². The van der Waals surface area contributed by atoms with E-state index >= 15 is 0 Å². The quantitative estimate of drug-likeness (QED) is 0.509. The Morgan fingerprint density at radius 1 is 1.08 bits per heavy atom. The fraction of sp³-hybridized carbons (Fsp3) is 0.800. The topological polar surface area (TPSA) is 80.9 Å². The molecule has 4 aliphatic rings. The van der Waals surface area contributed by atoms with Gasteiger partial charge in [0, 0.05) is 22.7 Å². The summed E-state index contributed by atoms with van der Waals surface area (Å²) in [6.45, 7) is 10.1. The lowest BCUT2D eigenvalue weighted by Gasteiger charge is -2.46. The predicted octanol–water partition coefficient (Wildman–Crippen LogP) is 1.78. The Kier molecular flexibility index (Phi) is 3.30. The molecule has 8 atom stereocenters. The van der Waals surface area contributed by atoms with Crippen LogP contribution in [0.2, 0.25) is 0 Å². The molecular formula is C20H30O4. The van der Waals surface area contributed by atoms with Gasteiger partial charge in [-0.2, -0.15) is 0 Å². The molecule has 4 N–H and O–H groups in total. The standard InChI is InChI=1S/C20H30O4/c1-10-8-19-9-16(22)20(24)14(7-15(21)18(20,3)4)11(2)13(19)6-5-12(10)17(19)23/h8,12-17,21-24H,2,5-7,9H2,1,3-4H3/t12-,13-,14+,15-,16+,17+,19+,20-/m0/s1. The van der Waals surface area contributed by atoms with Crippen LogP contribution in [0, 0.1) is 28.6 Å². The van der Waals surface area contributed by atoms with Gasteiger partial charge >= 0.3 is 0 Å². The van der Waals surface area contributed by atoms with E-state index < -0.39 is 34.7 Å². The fourth-order valence-corrected chi connectivity index (χ4v) is 6.64. The third-order valence-electron chi connectivity index (χ3n) is 8.23. The molecule has 2 bridgehead atoms. The van der Waals surface area contributed by atoms with E-state index in [2.05, 4.69) is 19.6 Å². The van der Waals surface area contributed by atoms with Crippen molar-refractivity contribution in [3.05, 3.63) is 23.8 Å². The highest BCUT2D eigenvalue weighted by molar-refractivity contribution is 5.37. The van der Waals surface area contributed by atoms with Crippen molar-refractivity contribution in [2.75, 3.05) is 0 Å². The molecule has 134 valence electrons. The second-order valence-electron chi connectivity index (χ2n) is 9.33. The molecule has 0 amide bonds. The van der Waals surface area contributed by atoms with Gasteiger partial charge in [-0.25, -0.2) is 0 Å². The average molecular weight is 334 g/mol. The lowest BCUT2D eigenvalue weighted by atomic mass is 9.60. The Labute approximate surface area is 143 Å². The molecule has 3 saturated carbocycles. The van der Waals surface area contributed by atoms with Crippen molar-refractivity contribution >= 4 is 0 Å². The summed E-state index contributed by atoms with van der Waals surface area (Å²) in [6.07, 6.45) is 2.57. The smallest absolute Gasteiger partial charge is 0.105 e. The molecule has 4 nitrogen and oxygen atoms in total. The van der Waals surface area contributed by atoms with Gasteiger partial charge in [-0.3, -0.25) is 0 Å². The van der Waals surface area contributed by atoms with Gasteiger partial charge in [0.1, 0.15) is 5.60 Å². The van der Waals surface area contributed by atoms with Gasteiger partial charge in [-0.1, -0.05) is 37.6 Å². The lowest BCUT2D eigenvalue weighted by molar-refractivity contribution is -0.171. The fourth-order valence-electron chi connectivity index (χ4n) is 6.64. The third kappa shape index (κ3) is 1.64. The van der Waals surface area contributed by atoms with Gasteiger partial charge in [-0.05, 0) is 38.5 Å². The monoisotopic (exact) mass is 334 g/mol. The minimum atomic E-state index is -1.41. The summed E-state index contributed by atoms with van der Waals surface area (Å²) >= 11 is 0. The molecule has 3 fully saturated rings. The van der Waals surface area contributed by atoms with Crippen LogP contribution in [0.3, 0.4) is 0 Å². The second-order valence-corrected chi connectivity index (χ2v) is 9.33. The molecule has 0 aromatic carbocycles. The normalized spacial score (nSPS) is 55.6. The van der Waals surface area contributed by atoms with Gasteiger partial charge in [0.2, 0.25) is 0 Å². The van der Waals surface area contributed by atoms with E-state index in [1.54, 1.807) is 0 Å². The first-order valence-corrected chi connectivity index (χ1v) is 9.22. The average Bonchev–Trinajstić information content (AvgIpc) is 2.73. The number of rotatable bonds is 0. The van der Waals surface area contributed by atoms with E-state index in [0.29, 0.717) is 12.8 Å². The van der Waals surface area contributed by atoms with Crippen molar-refractivity contribution in [1.29, 1.82) is 0 Å². The molecule has 0 aliphatic heterocycles. The van der Waals surface area contributed by atoms with Crippen molar-refractivity contribution in [2.45, 2.75) is 70.4 Å². The van der Waals surface area contributed by atoms with E-state index in [-0.39, 0.29) is 17.8 Å². The van der Waals surface area contributed by atoms with Crippen LogP contribution in [0.5, 0.6) is 0 Å². The van der Waals surface area contributed by atoms with Gasteiger partial charge in [-0.15, -0.1) is 0 Å². The van der Waals surface area contributed by atoms with Crippen LogP contribution in [-0.4, -0.2) is 44.3 Å². The van der Waals surface area contributed by atoms with E-state index in [9.17, 15) is 20.4 Å². The molecule has 0 aromatic rings. The molecule has 0 heterocycles. The van der Waals surface area contributed by atoms with Crippen LogP contribution in [0.25, 0.3) is 0 Å². The summed E-state index contributed by atoms with van der Waals surface area (Å²) in [5.74, 6) is -0.122. The summed E-state index contributed by atoms with van der Waals surface area (Å²) in [5.41, 5.74) is -0.642. The van der Waals surface area contributed by atoms with Crippen molar-refractivity contribution in [3.63, 3.8) is 0 Å². The third-order valence-corrected chi connectivity index (χ3v) is 8.23. The van der Waals surface area contributed by atoms with E-state index in [1.807, 2.05) is 13.8 Å². The minimum Gasteiger partial charge on any atom is -0.392 e. The minimum absolute atomic E-state index is 0.0518. The molecule has 4 aliphatic carbocycles. The number of hydrogen-bond acceptors (Lipinski definition) is 4.